The second-order valence-corrected chi connectivity index (χ2v) is 2.31. The van der Waals surface area contributed by atoms with Gasteiger partial charge in [-0.2, -0.15) is 0 Å². The molecule has 0 saturated carbocycles. The summed E-state index contributed by atoms with van der Waals surface area (Å²) in [5.41, 5.74) is 0. The van der Waals surface area contributed by atoms with Crippen LogP contribution in [0, 0.1) is 9.85 Å². The molecule has 0 aliphatic carbocycles. The predicted molar refractivity (Wildman–Crippen MR) is 51.4 cm³/mol. The quantitative estimate of drug-likeness (QED) is 0.622. The summed E-state index contributed by atoms with van der Waals surface area (Å²) >= 11 is 1.89. The van der Waals surface area contributed by atoms with Crippen LogP contribution < -0.4 is 5.32 Å². The van der Waals surface area contributed by atoms with Crippen LogP contribution in [-0.2, 0) is 4.74 Å². The Morgan fingerprint density at radius 1 is 1.73 bits per heavy atom. The number of hydrogen-bond acceptors (Lipinski definition) is 2. The van der Waals surface area contributed by atoms with E-state index in [2.05, 4.69) is 19.9 Å². The molecule has 0 atom stereocenters. The van der Waals surface area contributed by atoms with Gasteiger partial charge >= 0.3 is 6.09 Å². The molecule has 0 spiro atoms. The second-order valence-electron chi connectivity index (χ2n) is 1.77. The topological polar surface area (TPSA) is 38.3 Å². The minimum Gasteiger partial charge on any atom is -0.436 e. The zero-order valence-corrected chi connectivity index (χ0v) is 8.47. The molecule has 0 heterocycles. The van der Waals surface area contributed by atoms with Crippen molar-refractivity contribution >= 4 is 28.7 Å². The molecule has 0 aromatic rings. The molecule has 0 rings (SSSR count). The lowest BCUT2D eigenvalue weighted by atomic mass is 10.5. The maximum Gasteiger partial charge on any atom is 0.408 e. The highest BCUT2D eigenvalue weighted by Gasteiger charge is 1.95. The molecule has 1 N–H and O–H groups in total. The highest BCUT2D eigenvalue weighted by molar-refractivity contribution is 14.1. The van der Waals surface area contributed by atoms with E-state index < -0.39 is 6.09 Å². The van der Waals surface area contributed by atoms with Gasteiger partial charge in [0.25, 0.3) is 0 Å². The summed E-state index contributed by atoms with van der Waals surface area (Å²) in [6.45, 7) is 2.79. The fraction of sp³-hybridized carbons (Fsp3) is 0.571. The summed E-state index contributed by atoms with van der Waals surface area (Å²) in [7, 11) is 0. The van der Waals surface area contributed by atoms with Gasteiger partial charge in [0.05, 0.1) is 0 Å². The molecule has 0 bridgehead atoms. The first kappa shape index (κ1) is 10.6. The lowest BCUT2D eigenvalue weighted by Crippen LogP contribution is -2.24. The van der Waals surface area contributed by atoms with Gasteiger partial charge in [-0.15, -0.1) is 0 Å². The van der Waals surface area contributed by atoms with Crippen LogP contribution in [0.1, 0.15) is 13.3 Å². The summed E-state index contributed by atoms with van der Waals surface area (Å²) in [5.74, 6) is 2.61. The van der Waals surface area contributed by atoms with Gasteiger partial charge in [0, 0.05) is 29.1 Å². The fourth-order valence-electron chi connectivity index (χ4n) is 0.407. The number of hydrogen-bond donors (Lipinski definition) is 1. The van der Waals surface area contributed by atoms with E-state index in [-0.39, 0.29) is 6.61 Å². The van der Waals surface area contributed by atoms with Crippen molar-refractivity contribution in [2.24, 2.45) is 0 Å². The van der Waals surface area contributed by atoms with Crippen molar-refractivity contribution in [3.8, 4) is 9.85 Å². The second kappa shape index (κ2) is 7.66. The van der Waals surface area contributed by atoms with Crippen LogP contribution in [0.2, 0.25) is 0 Å². The first-order valence-electron chi connectivity index (χ1n) is 3.30. The fourth-order valence-corrected chi connectivity index (χ4v) is 0.563. The molecule has 0 aliphatic rings. The predicted octanol–water partition coefficient (Wildman–Crippen LogP) is 1.52. The number of alkyl carbamates (subject to hydrolysis) is 1. The van der Waals surface area contributed by atoms with Crippen molar-refractivity contribution in [3.63, 3.8) is 0 Å². The maximum atomic E-state index is 10.7. The number of halogens is 1. The molecule has 0 unspecified atom stereocenters. The molecule has 0 aliphatic heterocycles. The summed E-state index contributed by atoms with van der Waals surface area (Å²) in [5, 5.41) is 2.56. The van der Waals surface area contributed by atoms with E-state index in [1.165, 1.54) is 0 Å². The SMILES string of the molecule is CCCNC(=O)OCC#CI. The van der Waals surface area contributed by atoms with Crippen LogP contribution in [0.3, 0.4) is 0 Å². The average Bonchev–Trinajstić information content (AvgIpc) is 2.01. The minimum absolute atomic E-state index is 0.165. The molecule has 62 valence electrons. The van der Waals surface area contributed by atoms with Crippen molar-refractivity contribution in [1.82, 2.24) is 5.32 Å². The largest absolute Gasteiger partial charge is 0.436 e. The van der Waals surface area contributed by atoms with E-state index in [9.17, 15) is 4.79 Å². The number of carbonyl (C=O) groups excluding carboxylic acids is 1. The van der Waals surface area contributed by atoms with Crippen LogP contribution in [0.4, 0.5) is 4.79 Å². The van der Waals surface area contributed by atoms with E-state index in [0.29, 0.717) is 6.54 Å². The van der Waals surface area contributed by atoms with E-state index in [4.69, 9.17) is 0 Å². The smallest absolute Gasteiger partial charge is 0.408 e. The first-order chi connectivity index (χ1) is 5.31. The Morgan fingerprint density at radius 3 is 3.00 bits per heavy atom. The van der Waals surface area contributed by atoms with E-state index in [1.54, 1.807) is 0 Å². The minimum atomic E-state index is -0.397. The van der Waals surface area contributed by atoms with Crippen molar-refractivity contribution in [2.75, 3.05) is 13.2 Å². The standard InChI is InChI=1S/C7H10INO2/c1-2-5-9-7(10)11-6-3-4-8/h2,5-6H2,1H3,(H,9,10). The highest BCUT2D eigenvalue weighted by Crippen LogP contribution is 1.78. The zero-order valence-electron chi connectivity index (χ0n) is 6.32. The van der Waals surface area contributed by atoms with Crippen LogP contribution in [0.25, 0.3) is 0 Å². The molecule has 0 saturated heterocycles. The van der Waals surface area contributed by atoms with Gasteiger partial charge < -0.3 is 10.1 Å². The van der Waals surface area contributed by atoms with Crippen LogP contribution in [0.15, 0.2) is 0 Å². The Bertz CT molecular complexity index is 171. The number of carbonyl (C=O) groups is 1. The summed E-state index contributed by atoms with van der Waals surface area (Å²) in [6.07, 6.45) is 0.513. The van der Waals surface area contributed by atoms with Gasteiger partial charge in [-0.25, -0.2) is 4.79 Å². The number of nitrogens with one attached hydrogen (secondary N) is 1. The van der Waals surface area contributed by atoms with Gasteiger partial charge in [0.2, 0.25) is 0 Å². The number of amides is 1. The Morgan fingerprint density at radius 2 is 2.45 bits per heavy atom. The van der Waals surface area contributed by atoms with E-state index >= 15 is 0 Å². The highest BCUT2D eigenvalue weighted by atomic mass is 127. The third-order valence-electron chi connectivity index (χ3n) is 0.862. The van der Waals surface area contributed by atoms with Crippen LogP contribution in [-0.4, -0.2) is 19.2 Å². The average molecular weight is 267 g/mol. The van der Waals surface area contributed by atoms with Crippen molar-refractivity contribution < 1.29 is 9.53 Å². The normalized spacial score (nSPS) is 7.82. The summed E-state index contributed by atoms with van der Waals surface area (Å²) in [4.78, 5) is 10.7. The Balaban J connectivity index is 3.27. The van der Waals surface area contributed by atoms with Crippen molar-refractivity contribution in [1.29, 1.82) is 0 Å². The van der Waals surface area contributed by atoms with Gasteiger partial charge in [0.15, 0.2) is 6.61 Å². The third-order valence-corrected chi connectivity index (χ3v) is 1.24. The molecule has 11 heavy (non-hydrogen) atoms. The van der Waals surface area contributed by atoms with E-state index in [1.807, 2.05) is 29.5 Å². The number of ether oxygens (including phenoxy) is 1. The molecule has 3 nitrogen and oxygen atoms in total. The Hall–Kier alpha value is -0.440. The van der Waals surface area contributed by atoms with Gasteiger partial charge in [0.1, 0.15) is 0 Å². The van der Waals surface area contributed by atoms with Crippen molar-refractivity contribution in [3.05, 3.63) is 0 Å². The summed E-state index contributed by atoms with van der Waals surface area (Å²) < 4.78 is 7.25. The van der Waals surface area contributed by atoms with Gasteiger partial charge in [-0.3, -0.25) is 0 Å². The van der Waals surface area contributed by atoms with E-state index in [0.717, 1.165) is 6.42 Å². The lowest BCUT2D eigenvalue weighted by molar-refractivity contribution is 0.160. The third kappa shape index (κ3) is 7.46. The zero-order chi connectivity index (χ0) is 8.53. The summed E-state index contributed by atoms with van der Waals surface area (Å²) in [6, 6.07) is 0. The van der Waals surface area contributed by atoms with Crippen molar-refractivity contribution in [2.45, 2.75) is 13.3 Å². The molecule has 0 aromatic heterocycles. The van der Waals surface area contributed by atoms with Gasteiger partial charge in [-0.05, 0) is 10.3 Å². The molecular formula is C7H10INO2. The molecule has 0 radical (unpaired) electrons. The first-order valence-corrected chi connectivity index (χ1v) is 4.38. The Labute approximate surface area is 80.0 Å². The lowest BCUT2D eigenvalue weighted by Gasteiger charge is -2.01. The Kier molecular flexibility index (Phi) is 7.36. The molecule has 0 aromatic carbocycles. The van der Waals surface area contributed by atoms with Crippen LogP contribution >= 0.6 is 22.6 Å². The molecular weight excluding hydrogens is 257 g/mol. The number of rotatable bonds is 3. The maximum absolute atomic E-state index is 10.7. The molecule has 1 amide bonds. The molecule has 4 heteroatoms. The monoisotopic (exact) mass is 267 g/mol. The molecule has 0 fully saturated rings. The van der Waals surface area contributed by atoms with Gasteiger partial charge in [-0.1, -0.05) is 12.8 Å². The van der Waals surface area contributed by atoms with Crippen LogP contribution in [0.5, 0.6) is 0 Å².